The number of rotatable bonds is 6. The summed E-state index contributed by atoms with van der Waals surface area (Å²) in [6.45, 7) is 6.21. The van der Waals surface area contributed by atoms with E-state index in [9.17, 15) is 4.79 Å². The molecule has 0 saturated heterocycles. The molecule has 2 nitrogen and oxygen atoms in total. The second-order valence-electron chi connectivity index (χ2n) is 2.77. The van der Waals surface area contributed by atoms with Gasteiger partial charge in [0, 0.05) is 26.6 Å². The van der Waals surface area contributed by atoms with Crippen LogP contribution in [0.15, 0.2) is 12.2 Å². The Hall–Kier alpha value is -0.630. The lowest BCUT2D eigenvalue weighted by Crippen LogP contribution is -2.00. The highest BCUT2D eigenvalue weighted by Crippen LogP contribution is 2.01. The maximum absolute atomic E-state index is 11.0. The largest absolute Gasteiger partial charge is 0.385 e. The molecule has 0 aromatic rings. The first-order valence-electron chi connectivity index (χ1n) is 3.82. The molecule has 0 unspecified atom stereocenters. The number of carbonyl (C=O) groups excluding carboxylic acids is 1. The Bertz CT molecular complexity index is 138. The molecular formula is C9H16O2. The topological polar surface area (TPSA) is 26.3 Å². The van der Waals surface area contributed by atoms with E-state index in [1.807, 2.05) is 6.92 Å². The Kier molecular flexibility index (Phi) is 5.75. The minimum atomic E-state index is 0.259. The molecule has 2 heteroatoms. The van der Waals surface area contributed by atoms with Gasteiger partial charge in [-0.25, -0.2) is 0 Å². The monoisotopic (exact) mass is 156 g/mol. The number of ketones is 1. The van der Waals surface area contributed by atoms with E-state index in [-0.39, 0.29) is 5.78 Å². The summed E-state index contributed by atoms with van der Waals surface area (Å²) in [7, 11) is 1.64. The number of hydrogen-bond acceptors (Lipinski definition) is 2. The van der Waals surface area contributed by atoms with Gasteiger partial charge in [-0.05, 0) is 13.3 Å². The lowest BCUT2D eigenvalue weighted by Gasteiger charge is -1.98. The molecule has 64 valence electrons. The van der Waals surface area contributed by atoms with Crippen LogP contribution in [0.5, 0.6) is 0 Å². The van der Waals surface area contributed by atoms with E-state index in [4.69, 9.17) is 4.74 Å². The Labute approximate surface area is 68.2 Å². The summed E-state index contributed by atoms with van der Waals surface area (Å²) in [5.41, 5.74) is 0.937. The minimum absolute atomic E-state index is 0.259. The second-order valence-corrected chi connectivity index (χ2v) is 2.77. The van der Waals surface area contributed by atoms with Crippen LogP contribution in [0.4, 0.5) is 0 Å². The van der Waals surface area contributed by atoms with Crippen LogP contribution >= 0.6 is 0 Å². The normalized spacial score (nSPS) is 9.64. The lowest BCUT2D eigenvalue weighted by molar-refractivity contribution is -0.118. The highest BCUT2D eigenvalue weighted by atomic mass is 16.5. The van der Waals surface area contributed by atoms with Crippen molar-refractivity contribution in [2.45, 2.75) is 26.2 Å². The highest BCUT2D eigenvalue weighted by molar-refractivity contribution is 5.80. The number of methoxy groups -OCH3 is 1. The maximum Gasteiger partial charge on any atom is 0.136 e. The maximum atomic E-state index is 11.0. The van der Waals surface area contributed by atoms with E-state index >= 15 is 0 Å². The summed E-state index contributed by atoms with van der Waals surface area (Å²) in [6, 6.07) is 0. The van der Waals surface area contributed by atoms with Crippen LogP contribution in [0.1, 0.15) is 26.2 Å². The van der Waals surface area contributed by atoms with Gasteiger partial charge in [0.1, 0.15) is 5.78 Å². The Morgan fingerprint density at radius 1 is 1.55 bits per heavy atom. The van der Waals surface area contributed by atoms with Gasteiger partial charge in [0.25, 0.3) is 0 Å². The van der Waals surface area contributed by atoms with Crippen molar-refractivity contribution in [2.75, 3.05) is 13.7 Å². The van der Waals surface area contributed by atoms with Gasteiger partial charge >= 0.3 is 0 Å². The first-order chi connectivity index (χ1) is 5.16. The zero-order chi connectivity index (χ0) is 8.69. The van der Waals surface area contributed by atoms with Crippen molar-refractivity contribution in [1.29, 1.82) is 0 Å². The summed E-state index contributed by atoms with van der Waals surface area (Å²) >= 11 is 0. The van der Waals surface area contributed by atoms with Crippen LogP contribution < -0.4 is 0 Å². The molecule has 11 heavy (non-hydrogen) atoms. The standard InChI is InChI=1S/C9H16O2/c1-8(2)7-9(10)5-4-6-11-3/h1,4-7H2,2-3H3. The molecule has 0 bridgehead atoms. The number of hydrogen-bond donors (Lipinski definition) is 0. The van der Waals surface area contributed by atoms with Gasteiger partial charge in [-0.3, -0.25) is 4.79 Å². The molecular weight excluding hydrogens is 140 g/mol. The summed E-state index contributed by atoms with van der Waals surface area (Å²) in [5, 5.41) is 0. The van der Waals surface area contributed by atoms with Gasteiger partial charge in [0.2, 0.25) is 0 Å². The molecule has 0 saturated carbocycles. The molecule has 0 aromatic carbocycles. The van der Waals surface area contributed by atoms with Crippen molar-refractivity contribution in [3.63, 3.8) is 0 Å². The van der Waals surface area contributed by atoms with E-state index in [2.05, 4.69) is 6.58 Å². The highest BCUT2D eigenvalue weighted by Gasteiger charge is 2.00. The van der Waals surface area contributed by atoms with Crippen LogP contribution in [0.2, 0.25) is 0 Å². The number of Topliss-reactive ketones (excluding diaryl/α,β-unsaturated/α-hetero) is 1. The molecule has 0 rings (SSSR count). The molecule has 0 aliphatic heterocycles. The SMILES string of the molecule is C=C(C)CC(=O)CCCOC. The van der Waals surface area contributed by atoms with Crippen LogP contribution in [-0.2, 0) is 9.53 Å². The lowest BCUT2D eigenvalue weighted by atomic mass is 10.1. The zero-order valence-electron chi connectivity index (χ0n) is 7.35. The van der Waals surface area contributed by atoms with Gasteiger partial charge in [0.15, 0.2) is 0 Å². The number of allylic oxidation sites excluding steroid dienone is 1. The third kappa shape index (κ3) is 7.26. The minimum Gasteiger partial charge on any atom is -0.385 e. The predicted octanol–water partition coefficient (Wildman–Crippen LogP) is 1.95. The predicted molar refractivity (Wildman–Crippen MR) is 45.5 cm³/mol. The molecule has 0 aliphatic rings. The van der Waals surface area contributed by atoms with Gasteiger partial charge in [-0.2, -0.15) is 0 Å². The van der Waals surface area contributed by atoms with Gasteiger partial charge < -0.3 is 4.74 Å². The molecule has 0 N–H and O–H groups in total. The number of carbonyl (C=O) groups is 1. The van der Waals surface area contributed by atoms with E-state index in [1.165, 1.54) is 0 Å². The Morgan fingerprint density at radius 2 is 2.18 bits per heavy atom. The molecule has 0 heterocycles. The fourth-order valence-corrected chi connectivity index (χ4v) is 0.839. The summed E-state index contributed by atoms with van der Waals surface area (Å²) < 4.78 is 4.82. The van der Waals surface area contributed by atoms with Crippen molar-refractivity contribution < 1.29 is 9.53 Å². The average Bonchev–Trinajstić information content (AvgIpc) is 1.86. The van der Waals surface area contributed by atoms with Crippen LogP contribution in [0.25, 0.3) is 0 Å². The van der Waals surface area contributed by atoms with E-state index in [1.54, 1.807) is 7.11 Å². The first-order valence-corrected chi connectivity index (χ1v) is 3.82. The zero-order valence-corrected chi connectivity index (χ0v) is 7.35. The van der Waals surface area contributed by atoms with E-state index in [0.717, 1.165) is 12.0 Å². The van der Waals surface area contributed by atoms with Crippen molar-refractivity contribution in [3.05, 3.63) is 12.2 Å². The van der Waals surface area contributed by atoms with E-state index in [0.29, 0.717) is 19.4 Å². The van der Waals surface area contributed by atoms with Crippen molar-refractivity contribution >= 4 is 5.78 Å². The van der Waals surface area contributed by atoms with Gasteiger partial charge in [-0.15, -0.1) is 0 Å². The smallest absolute Gasteiger partial charge is 0.136 e. The molecule has 0 aliphatic carbocycles. The Morgan fingerprint density at radius 3 is 2.64 bits per heavy atom. The second kappa shape index (κ2) is 6.10. The van der Waals surface area contributed by atoms with Crippen LogP contribution in [-0.4, -0.2) is 19.5 Å². The first kappa shape index (κ1) is 10.4. The van der Waals surface area contributed by atoms with Gasteiger partial charge in [-0.1, -0.05) is 12.2 Å². The van der Waals surface area contributed by atoms with Crippen molar-refractivity contribution in [1.82, 2.24) is 0 Å². The molecule has 0 atom stereocenters. The number of ether oxygens (including phenoxy) is 1. The molecule has 0 spiro atoms. The van der Waals surface area contributed by atoms with Crippen molar-refractivity contribution in [2.24, 2.45) is 0 Å². The average molecular weight is 156 g/mol. The molecule has 0 fully saturated rings. The van der Waals surface area contributed by atoms with Gasteiger partial charge in [0.05, 0.1) is 0 Å². The van der Waals surface area contributed by atoms with E-state index < -0.39 is 0 Å². The Balaban J connectivity index is 3.30. The third-order valence-corrected chi connectivity index (χ3v) is 1.30. The van der Waals surface area contributed by atoms with Crippen molar-refractivity contribution in [3.8, 4) is 0 Å². The summed E-state index contributed by atoms with van der Waals surface area (Å²) in [6.07, 6.45) is 1.95. The molecule has 0 radical (unpaired) electrons. The third-order valence-electron chi connectivity index (χ3n) is 1.30. The van der Waals surface area contributed by atoms with Crippen LogP contribution in [0.3, 0.4) is 0 Å². The molecule has 0 amide bonds. The molecule has 0 aromatic heterocycles. The van der Waals surface area contributed by atoms with Crippen LogP contribution in [0, 0.1) is 0 Å². The quantitative estimate of drug-likeness (QED) is 0.434. The summed E-state index contributed by atoms with van der Waals surface area (Å²) in [4.78, 5) is 11.0. The summed E-state index contributed by atoms with van der Waals surface area (Å²) in [5.74, 6) is 0.259. The fourth-order valence-electron chi connectivity index (χ4n) is 0.839. The fraction of sp³-hybridized carbons (Fsp3) is 0.667.